The fourth-order valence-corrected chi connectivity index (χ4v) is 3.53. The van der Waals surface area contributed by atoms with Gasteiger partial charge in [0.2, 0.25) is 10.0 Å². The SMILES string of the molecule is O=S(=O)(NCC1CNCCO1)C1CCOCC1. The largest absolute Gasteiger partial charge is 0.381 e. The molecular weight excluding hydrogens is 244 g/mol. The van der Waals surface area contributed by atoms with E-state index in [2.05, 4.69) is 10.0 Å². The summed E-state index contributed by atoms with van der Waals surface area (Å²) in [7, 11) is -3.22. The van der Waals surface area contributed by atoms with Crippen LogP contribution in [0.5, 0.6) is 0 Å². The minimum atomic E-state index is -3.22. The average molecular weight is 264 g/mol. The van der Waals surface area contributed by atoms with E-state index in [1.807, 2.05) is 0 Å². The van der Waals surface area contributed by atoms with Gasteiger partial charge in [-0.15, -0.1) is 0 Å². The number of rotatable bonds is 4. The second-order valence-electron chi connectivity index (χ2n) is 4.40. The van der Waals surface area contributed by atoms with E-state index in [0.717, 1.165) is 6.54 Å². The Morgan fingerprint density at radius 1 is 1.24 bits per heavy atom. The van der Waals surface area contributed by atoms with E-state index >= 15 is 0 Å². The third-order valence-electron chi connectivity index (χ3n) is 3.12. The summed E-state index contributed by atoms with van der Waals surface area (Å²) >= 11 is 0. The number of ether oxygens (including phenoxy) is 2. The van der Waals surface area contributed by atoms with E-state index in [0.29, 0.717) is 45.8 Å². The highest BCUT2D eigenvalue weighted by atomic mass is 32.2. The molecule has 2 aliphatic heterocycles. The summed E-state index contributed by atoms with van der Waals surface area (Å²) in [6.07, 6.45) is 1.11. The summed E-state index contributed by atoms with van der Waals surface area (Å²) in [6.45, 7) is 3.61. The zero-order valence-corrected chi connectivity index (χ0v) is 10.7. The second-order valence-corrected chi connectivity index (χ2v) is 6.45. The number of hydrogen-bond donors (Lipinski definition) is 2. The first-order valence-electron chi connectivity index (χ1n) is 6.07. The van der Waals surface area contributed by atoms with Gasteiger partial charge in [0.25, 0.3) is 0 Å². The summed E-state index contributed by atoms with van der Waals surface area (Å²) < 4.78 is 37.2. The Morgan fingerprint density at radius 3 is 2.65 bits per heavy atom. The molecule has 0 aromatic carbocycles. The monoisotopic (exact) mass is 264 g/mol. The molecule has 2 heterocycles. The van der Waals surface area contributed by atoms with Gasteiger partial charge in [-0.05, 0) is 12.8 Å². The van der Waals surface area contributed by atoms with Crippen LogP contribution in [0.1, 0.15) is 12.8 Å². The smallest absolute Gasteiger partial charge is 0.214 e. The average Bonchev–Trinajstić information content (AvgIpc) is 2.39. The molecule has 7 heteroatoms. The minimum absolute atomic E-state index is 0.0571. The lowest BCUT2D eigenvalue weighted by Crippen LogP contribution is -2.47. The fourth-order valence-electron chi connectivity index (χ4n) is 2.06. The Morgan fingerprint density at radius 2 is 2.00 bits per heavy atom. The van der Waals surface area contributed by atoms with Crippen LogP contribution in [-0.2, 0) is 19.5 Å². The van der Waals surface area contributed by atoms with Gasteiger partial charge in [0.1, 0.15) is 0 Å². The summed E-state index contributed by atoms with van der Waals surface area (Å²) in [4.78, 5) is 0. The van der Waals surface area contributed by atoms with Crippen molar-refractivity contribution in [3.8, 4) is 0 Å². The summed E-state index contributed by atoms with van der Waals surface area (Å²) in [5, 5.41) is 2.86. The van der Waals surface area contributed by atoms with Gasteiger partial charge in [-0.25, -0.2) is 13.1 Å². The van der Waals surface area contributed by atoms with Crippen LogP contribution in [0.2, 0.25) is 0 Å². The summed E-state index contributed by atoms with van der Waals surface area (Å²) in [5.41, 5.74) is 0. The second kappa shape index (κ2) is 6.10. The topological polar surface area (TPSA) is 76.7 Å². The maximum absolute atomic E-state index is 12.0. The first-order chi connectivity index (χ1) is 8.18. The molecule has 0 amide bonds. The van der Waals surface area contributed by atoms with Crippen molar-refractivity contribution in [2.24, 2.45) is 0 Å². The molecule has 0 radical (unpaired) electrons. The Hall–Kier alpha value is -0.210. The van der Waals surface area contributed by atoms with Crippen LogP contribution >= 0.6 is 0 Å². The van der Waals surface area contributed by atoms with Crippen molar-refractivity contribution in [2.75, 3.05) is 39.5 Å². The van der Waals surface area contributed by atoms with Crippen molar-refractivity contribution >= 4 is 10.0 Å². The van der Waals surface area contributed by atoms with Gasteiger partial charge in [-0.2, -0.15) is 0 Å². The number of morpholine rings is 1. The molecule has 2 rings (SSSR count). The molecule has 17 heavy (non-hydrogen) atoms. The van der Waals surface area contributed by atoms with Crippen molar-refractivity contribution in [2.45, 2.75) is 24.2 Å². The van der Waals surface area contributed by atoms with Crippen LogP contribution in [0.25, 0.3) is 0 Å². The minimum Gasteiger partial charge on any atom is -0.381 e. The number of nitrogens with one attached hydrogen (secondary N) is 2. The normalized spacial score (nSPS) is 28.1. The van der Waals surface area contributed by atoms with Crippen molar-refractivity contribution in [3.05, 3.63) is 0 Å². The van der Waals surface area contributed by atoms with Crippen molar-refractivity contribution in [1.29, 1.82) is 0 Å². The zero-order valence-electron chi connectivity index (χ0n) is 9.85. The first-order valence-corrected chi connectivity index (χ1v) is 7.61. The summed E-state index contributed by atoms with van der Waals surface area (Å²) in [6, 6.07) is 0. The van der Waals surface area contributed by atoms with Crippen molar-refractivity contribution in [3.63, 3.8) is 0 Å². The van der Waals surface area contributed by atoms with Crippen molar-refractivity contribution in [1.82, 2.24) is 10.0 Å². The first kappa shape index (κ1) is 13.2. The highest BCUT2D eigenvalue weighted by molar-refractivity contribution is 7.90. The molecule has 2 fully saturated rings. The van der Waals surface area contributed by atoms with Gasteiger partial charge in [0.05, 0.1) is 18.0 Å². The molecule has 0 spiro atoms. The molecule has 6 nitrogen and oxygen atoms in total. The predicted molar refractivity (Wildman–Crippen MR) is 63.4 cm³/mol. The maximum atomic E-state index is 12.0. The van der Waals surface area contributed by atoms with Crippen molar-refractivity contribution < 1.29 is 17.9 Å². The fraction of sp³-hybridized carbons (Fsp3) is 1.00. The van der Waals surface area contributed by atoms with Gasteiger partial charge in [0, 0.05) is 32.8 Å². The molecule has 2 aliphatic rings. The molecule has 2 N–H and O–H groups in total. The van der Waals surface area contributed by atoms with Gasteiger partial charge in [0.15, 0.2) is 0 Å². The Balaban J connectivity index is 1.79. The summed E-state index contributed by atoms with van der Waals surface area (Å²) in [5.74, 6) is 0. The van der Waals surface area contributed by atoms with Crippen LogP contribution < -0.4 is 10.0 Å². The van der Waals surface area contributed by atoms with Crippen LogP contribution in [0.3, 0.4) is 0 Å². The van der Waals surface area contributed by atoms with E-state index < -0.39 is 10.0 Å². The van der Waals surface area contributed by atoms with Gasteiger partial charge < -0.3 is 14.8 Å². The van der Waals surface area contributed by atoms with Gasteiger partial charge in [-0.3, -0.25) is 0 Å². The number of sulfonamides is 1. The Labute approximate surface area is 102 Å². The molecule has 1 unspecified atom stereocenters. The lowest BCUT2D eigenvalue weighted by Gasteiger charge is -2.26. The standard InChI is InChI=1S/C10H20N2O4S/c13-17(14,10-1-4-15-5-2-10)12-8-9-7-11-3-6-16-9/h9-12H,1-8H2. The van der Waals surface area contributed by atoms with E-state index in [-0.39, 0.29) is 11.4 Å². The Bertz CT molecular complexity index is 321. The van der Waals surface area contributed by atoms with Crippen LogP contribution in [-0.4, -0.2) is 59.2 Å². The van der Waals surface area contributed by atoms with E-state index in [4.69, 9.17) is 9.47 Å². The molecular formula is C10H20N2O4S. The predicted octanol–water partition coefficient (Wildman–Crippen LogP) is -0.927. The van der Waals surface area contributed by atoms with Gasteiger partial charge >= 0.3 is 0 Å². The van der Waals surface area contributed by atoms with E-state index in [1.54, 1.807) is 0 Å². The lowest BCUT2D eigenvalue weighted by molar-refractivity contribution is 0.0322. The molecule has 1 atom stereocenters. The van der Waals surface area contributed by atoms with Crippen LogP contribution in [0.15, 0.2) is 0 Å². The lowest BCUT2D eigenvalue weighted by atomic mass is 10.2. The van der Waals surface area contributed by atoms with E-state index in [1.165, 1.54) is 0 Å². The molecule has 0 bridgehead atoms. The molecule has 0 aliphatic carbocycles. The highest BCUT2D eigenvalue weighted by Crippen LogP contribution is 2.14. The van der Waals surface area contributed by atoms with E-state index in [9.17, 15) is 8.42 Å². The van der Waals surface area contributed by atoms with Gasteiger partial charge in [-0.1, -0.05) is 0 Å². The molecule has 100 valence electrons. The maximum Gasteiger partial charge on any atom is 0.214 e. The highest BCUT2D eigenvalue weighted by Gasteiger charge is 2.28. The van der Waals surface area contributed by atoms with Crippen LogP contribution in [0.4, 0.5) is 0 Å². The molecule has 2 saturated heterocycles. The zero-order chi connectivity index (χ0) is 12.1. The number of hydrogen-bond acceptors (Lipinski definition) is 5. The third-order valence-corrected chi connectivity index (χ3v) is 5.04. The Kier molecular flexibility index (Phi) is 4.75. The third kappa shape index (κ3) is 3.89. The quantitative estimate of drug-likeness (QED) is 0.686. The van der Waals surface area contributed by atoms with Crippen LogP contribution in [0, 0.1) is 0 Å². The molecule has 0 aromatic heterocycles. The molecule has 0 saturated carbocycles. The molecule has 0 aromatic rings.